The summed E-state index contributed by atoms with van der Waals surface area (Å²) in [5.74, 6) is -0.874. The standard InChI is InChI=1S/C16H19N3O5/c1-3-4-9-17-13(20)12-14(21)18-16(23)19(15(12)22)10-5-7-11(24-2)8-6-10/h5-8,22H,3-4,9H2,1-2H3,(H,17,20)(H,18,21,23). The first-order valence-electron chi connectivity index (χ1n) is 7.50. The Balaban J connectivity index is 2.49. The minimum Gasteiger partial charge on any atom is -0.497 e. The van der Waals surface area contributed by atoms with Crippen LogP contribution in [0.5, 0.6) is 11.6 Å². The number of benzene rings is 1. The summed E-state index contributed by atoms with van der Waals surface area (Å²) in [6.07, 6.45) is 1.61. The van der Waals surface area contributed by atoms with Gasteiger partial charge in [-0.15, -0.1) is 0 Å². The number of H-pyrrole nitrogens is 1. The topological polar surface area (TPSA) is 113 Å². The predicted octanol–water partition coefficient (Wildman–Crippen LogP) is 0.770. The Bertz CT molecular complexity index is 836. The Morgan fingerprint density at radius 3 is 2.54 bits per heavy atom. The lowest BCUT2D eigenvalue weighted by Crippen LogP contribution is -2.37. The van der Waals surface area contributed by atoms with Gasteiger partial charge in [0.15, 0.2) is 5.56 Å². The average Bonchev–Trinajstić information content (AvgIpc) is 2.55. The fourth-order valence-electron chi connectivity index (χ4n) is 2.17. The van der Waals surface area contributed by atoms with Gasteiger partial charge in [0.05, 0.1) is 12.8 Å². The number of rotatable bonds is 6. The number of aromatic amines is 1. The van der Waals surface area contributed by atoms with Crippen molar-refractivity contribution < 1.29 is 14.6 Å². The highest BCUT2D eigenvalue weighted by atomic mass is 16.5. The summed E-state index contributed by atoms with van der Waals surface area (Å²) >= 11 is 0. The quantitative estimate of drug-likeness (QED) is 0.676. The third-order valence-electron chi connectivity index (χ3n) is 3.46. The number of methoxy groups -OCH3 is 1. The summed E-state index contributed by atoms with van der Waals surface area (Å²) in [4.78, 5) is 38.1. The lowest BCUT2D eigenvalue weighted by molar-refractivity contribution is 0.0947. The summed E-state index contributed by atoms with van der Waals surface area (Å²) in [5, 5.41) is 12.9. The van der Waals surface area contributed by atoms with E-state index >= 15 is 0 Å². The van der Waals surface area contributed by atoms with Crippen LogP contribution in [0.15, 0.2) is 33.9 Å². The molecule has 0 spiro atoms. The van der Waals surface area contributed by atoms with Crippen molar-refractivity contribution in [3.8, 4) is 17.3 Å². The molecule has 0 aliphatic rings. The van der Waals surface area contributed by atoms with Gasteiger partial charge >= 0.3 is 5.69 Å². The van der Waals surface area contributed by atoms with Crippen LogP contribution in [-0.2, 0) is 0 Å². The molecule has 0 radical (unpaired) electrons. The molecule has 1 heterocycles. The molecular formula is C16H19N3O5. The van der Waals surface area contributed by atoms with Crippen LogP contribution in [0.4, 0.5) is 0 Å². The van der Waals surface area contributed by atoms with Crippen LogP contribution >= 0.6 is 0 Å². The molecule has 1 amide bonds. The molecule has 3 N–H and O–H groups in total. The molecule has 0 aliphatic carbocycles. The van der Waals surface area contributed by atoms with Gasteiger partial charge in [-0.3, -0.25) is 14.6 Å². The van der Waals surface area contributed by atoms with Gasteiger partial charge in [0.25, 0.3) is 11.5 Å². The predicted molar refractivity (Wildman–Crippen MR) is 88.1 cm³/mol. The van der Waals surface area contributed by atoms with E-state index in [0.29, 0.717) is 12.3 Å². The van der Waals surface area contributed by atoms with Gasteiger partial charge in [-0.05, 0) is 30.7 Å². The normalized spacial score (nSPS) is 10.4. The first-order chi connectivity index (χ1) is 11.5. The number of amides is 1. The third kappa shape index (κ3) is 3.48. The molecule has 24 heavy (non-hydrogen) atoms. The van der Waals surface area contributed by atoms with Gasteiger partial charge < -0.3 is 15.2 Å². The molecular weight excluding hydrogens is 314 g/mol. The van der Waals surface area contributed by atoms with E-state index in [4.69, 9.17) is 4.74 Å². The van der Waals surface area contributed by atoms with Crippen molar-refractivity contribution in [2.75, 3.05) is 13.7 Å². The Morgan fingerprint density at radius 1 is 1.29 bits per heavy atom. The number of hydrogen-bond donors (Lipinski definition) is 3. The van der Waals surface area contributed by atoms with E-state index in [-0.39, 0.29) is 5.69 Å². The fraction of sp³-hybridized carbons (Fsp3) is 0.312. The number of unbranched alkanes of at least 4 members (excludes halogenated alkanes) is 1. The smallest absolute Gasteiger partial charge is 0.335 e. The minimum atomic E-state index is -0.934. The molecule has 128 valence electrons. The van der Waals surface area contributed by atoms with E-state index in [1.807, 2.05) is 11.9 Å². The van der Waals surface area contributed by atoms with Crippen LogP contribution in [0.1, 0.15) is 30.1 Å². The number of carbonyl (C=O) groups excluding carboxylic acids is 1. The van der Waals surface area contributed by atoms with E-state index in [9.17, 15) is 19.5 Å². The molecule has 0 fully saturated rings. The second-order valence-corrected chi connectivity index (χ2v) is 5.10. The van der Waals surface area contributed by atoms with Crippen molar-refractivity contribution in [2.45, 2.75) is 19.8 Å². The third-order valence-corrected chi connectivity index (χ3v) is 3.46. The molecule has 1 aromatic heterocycles. The molecule has 1 aromatic carbocycles. The summed E-state index contributed by atoms with van der Waals surface area (Å²) in [6.45, 7) is 2.33. The Labute approximate surface area is 137 Å². The largest absolute Gasteiger partial charge is 0.497 e. The average molecular weight is 333 g/mol. The monoisotopic (exact) mass is 333 g/mol. The van der Waals surface area contributed by atoms with Gasteiger partial charge in [0.2, 0.25) is 5.88 Å². The van der Waals surface area contributed by atoms with Crippen molar-refractivity contribution in [3.63, 3.8) is 0 Å². The van der Waals surface area contributed by atoms with E-state index in [1.165, 1.54) is 19.2 Å². The number of carbonyl (C=O) groups is 1. The highest BCUT2D eigenvalue weighted by molar-refractivity contribution is 5.96. The lowest BCUT2D eigenvalue weighted by Gasteiger charge is -2.12. The van der Waals surface area contributed by atoms with Crippen LogP contribution in [0, 0.1) is 0 Å². The summed E-state index contributed by atoms with van der Waals surface area (Å²) < 4.78 is 5.89. The maximum atomic E-state index is 12.1. The second kappa shape index (κ2) is 7.49. The minimum absolute atomic E-state index is 0.289. The molecule has 8 heteroatoms. The van der Waals surface area contributed by atoms with Crippen LogP contribution in [0.2, 0.25) is 0 Å². The maximum absolute atomic E-state index is 12.1. The van der Waals surface area contributed by atoms with Crippen LogP contribution in [0.3, 0.4) is 0 Å². The van der Waals surface area contributed by atoms with E-state index in [1.54, 1.807) is 12.1 Å². The fourth-order valence-corrected chi connectivity index (χ4v) is 2.17. The molecule has 0 saturated carbocycles. The van der Waals surface area contributed by atoms with Crippen molar-refractivity contribution in [1.29, 1.82) is 0 Å². The zero-order valence-corrected chi connectivity index (χ0v) is 13.5. The van der Waals surface area contributed by atoms with Crippen LogP contribution in [0.25, 0.3) is 5.69 Å². The van der Waals surface area contributed by atoms with Crippen molar-refractivity contribution in [2.24, 2.45) is 0 Å². The highest BCUT2D eigenvalue weighted by Gasteiger charge is 2.21. The molecule has 2 rings (SSSR count). The Kier molecular flexibility index (Phi) is 5.41. The SMILES string of the molecule is CCCCNC(=O)c1c(O)n(-c2ccc(OC)cc2)c(=O)[nH]c1=O. The first kappa shape index (κ1) is 17.3. The van der Waals surface area contributed by atoms with Crippen LogP contribution in [-0.4, -0.2) is 34.2 Å². The molecule has 0 aliphatic heterocycles. The van der Waals surface area contributed by atoms with Gasteiger partial charge in [0.1, 0.15) is 5.75 Å². The van der Waals surface area contributed by atoms with Gasteiger partial charge in [-0.2, -0.15) is 0 Å². The Hall–Kier alpha value is -3.03. The molecule has 0 unspecified atom stereocenters. The molecule has 0 atom stereocenters. The van der Waals surface area contributed by atoms with E-state index in [0.717, 1.165) is 17.4 Å². The number of aromatic nitrogens is 2. The number of hydrogen-bond acceptors (Lipinski definition) is 5. The van der Waals surface area contributed by atoms with Gasteiger partial charge in [0, 0.05) is 6.54 Å². The van der Waals surface area contributed by atoms with Crippen molar-refractivity contribution in [1.82, 2.24) is 14.9 Å². The molecule has 0 saturated heterocycles. The van der Waals surface area contributed by atoms with Crippen LogP contribution < -0.4 is 21.3 Å². The van der Waals surface area contributed by atoms with Crippen molar-refractivity contribution >= 4 is 5.91 Å². The number of nitrogens with one attached hydrogen (secondary N) is 2. The summed E-state index contributed by atoms with van der Waals surface area (Å²) in [7, 11) is 1.50. The Morgan fingerprint density at radius 2 is 1.96 bits per heavy atom. The lowest BCUT2D eigenvalue weighted by atomic mass is 10.2. The first-order valence-corrected chi connectivity index (χ1v) is 7.50. The highest BCUT2D eigenvalue weighted by Crippen LogP contribution is 2.19. The van der Waals surface area contributed by atoms with Gasteiger partial charge in [-0.25, -0.2) is 9.36 Å². The van der Waals surface area contributed by atoms with Crippen molar-refractivity contribution in [3.05, 3.63) is 50.7 Å². The van der Waals surface area contributed by atoms with Gasteiger partial charge in [-0.1, -0.05) is 13.3 Å². The number of aromatic hydroxyl groups is 1. The number of nitrogens with zero attached hydrogens (tertiary/aromatic N) is 1. The maximum Gasteiger partial charge on any atom is 0.335 e. The zero-order chi connectivity index (χ0) is 17.7. The van der Waals surface area contributed by atoms with E-state index < -0.39 is 28.6 Å². The molecule has 8 nitrogen and oxygen atoms in total. The summed E-state index contributed by atoms with van der Waals surface area (Å²) in [5.41, 5.74) is -1.98. The second-order valence-electron chi connectivity index (χ2n) is 5.10. The van der Waals surface area contributed by atoms with E-state index in [2.05, 4.69) is 5.32 Å². The number of ether oxygens (including phenoxy) is 1. The molecule has 0 bridgehead atoms. The zero-order valence-electron chi connectivity index (χ0n) is 13.5. The molecule has 2 aromatic rings. The summed E-state index contributed by atoms with van der Waals surface area (Å²) in [6, 6.07) is 6.23.